The largest absolute Gasteiger partial charge is 0.466 e. The highest BCUT2D eigenvalue weighted by atomic mass is 32.2. The Morgan fingerprint density at radius 2 is 2.18 bits per heavy atom. The van der Waals surface area contributed by atoms with Gasteiger partial charge in [0.25, 0.3) is 10.2 Å². The number of aryl methyl sites for hydroxylation is 2. The lowest BCUT2D eigenvalue weighted by Crippen LogP contribution is -2.49. The average molecular weight is 330 g/mol. The zero-order chi connectivity index (χ0) is 16.5. The summed E-state index contributed by atoms with van der Waals surface area (Å²) < 4.78 is 34.2. The molecule has 1 aromatic rings. The molecule has 7 heteroatoms. The third kappa shape index (κ3) is 3.90. The Balaban J connectivity index is 2.06. The Morgan fingerprint density at radius 1 is 1.50 bits per heavy atom. The van der Waals surface area contributed by atoms with Crippen LogP contribution in [0.25, 0.3) is 0 Å². The number of piperidine rings is 1. The minimum Gasteiger partial charge on any atom is -0.466 e. The first-order chi connectivity index (χ1) is 10.1. The lowest BCUT2D eigenvalue weighted by Gasteiger charge is -2.31. The molecule has 0 aromatic carbocycles. The van der Waals surface area contributed by atoms with Crippen molar-refractivity contribution >= 4 is 10.2 Å². The highest BCUT2D eigenvalue weighted by molar-refractivity contribution is 7.87. The first kappa shape index (κ1) is 17.5. The van der Waals surface area contributed by atoms with Gasteiger partial charge in [0.15, 0.2) is 0 Å². The van der Waals surface area contributed by atoms with Crippen LogP contribution in [0.1, 0.15) is 43.8 Å². The summed E-state index contributed by atoms with van der Waals surface area (Å²) >= 11 is 0. The molecule has 1 fully saturated rings. The molecule has 1 saturated heterocycles. The van der Waals surface area contributed by atoms with Gasteiger partial charge in [0.05, 0.1) is 0 Å². The van der Waals surface area contributed by atoms with Crippen LogP contribution >= 0.6 is 0 Å². The SMILES string of the molecule is Cc1cc(C(C)(O)CNS(=O)(=O)N2CCCC(C)C2)c(C)o1. The van der Waals surface area contributed by atoms with Crippen LogP contribution in [0.3, 0.4) is 0 Å². The van der Waals surface area contributed by atoms with Crippen molar-refractivity contribution in [3.8, 4) is 0 Å². The van der Waals surface area contributed by atoms with Crippen LogP contribution in [-0.2, 0) is 15.8 Å². The molecule has 0 bridgehead atoms. The van der Waals surface area contributed by atoms with Gasteiger partial charge in [0.1, 0.15) is 17.1 Å². The van der Waals surface area contributed by atoms with E-state index in [-0.39, 0.29) is 6.54 Å². The van der Waals surface area contributed by atoms with Crippen molar-refractivity contribution in [1.29, 1.82) is 0 Å². The predicted octanol–water partition coefficient (Wildman–Crippen LogP) is 1.67. The second-order valence-corrected chi connectivity index (χ2v) is 8.29. The van der Waals surface area contributed by atoms with E-state index in [9.17, 15) is 13.5 Å². The topological polar surface area (TPSA) is 82.8 Å². The number of nitrogens with one attached hydrogen (secondary N) is 1. The van der Waals surface area contributed by atoms with Gasteiger partial charge < -0.3 is 9.52 Å². The van der Waals surface area contributed by atoms with Crippen LogP contribution in [0.4, 0.5) is 0 Å². The molecule has 0 aliphatic carbocycles. The van der Waals surface area contributed by atoms with E-state index < -0.39 is 15.8 Å². The molecule has 0 radical (unpaired) electrons. The number of hydrogen-bond acceptors (Lipinski definition) is 4. The van der Waals surface area contributed by atoms with Gasteiger partial charge in [0.2, 0.25) is 0 Å². The number of aliphatic hydroxyl groups is 1. The summed E-state index contributed by atoms with van der Waals surface area (Å²) in [7, 11) is -3.57. The molecule has 22 heavy (non-hydrogen) atoms. The molecule has 2 atom stereocenters. The number of rotatable bonds is 5. The van der Waals surface area contributed by atoms with Crippen LogP contribution in [0.2, 0.25) is 0 Å². The normalized spacial score (nSPS) is 23.4. The summed E-state index contributed by atoms with van der Waals surface area (Å²) in [6.45, 7) is 8.18. The van der Waals surface area contributed by atoms with E-state index in [0.717, 1.165) is 12.8 Å². The predicted molar refractivity (Wildman–Crippen MR) is 84.6 cm³/mol. The minimum atomic E-state index is -3.57. The van der Waals surface area contributed by atoms with Crippen LogP contribution in [0, 0.1) is 19.8 Å². The molecule has 1 aliphatic heterocycles. The molecule has 1 aromatic heterocycles. The minimum absolute atomic E-state index is 0.0833. The molecule has 0 amide bonds. The fourth-order valence-corrected chi connectivity index (χ4v) is 4.41. The average Bonchev–Trinajstić information content (AvgIpc) is 2.77. The van der Waals surface area contributed by atoms with Gasteiger partial charge in [0, 0.05) is 25.2 Å². The molecule has 126 valence electrons. The van der Waals surface area contributed by atoms with E-state index in [4.69, 9.17) is 4.42 Å². The molecule has 6 nitrogen and oxygen atoms in total. The van der Waals surface area contributed by atoms with Gasteiger partial charge in [-0.15, -0.1) is 0 Å². The van der Waals surface area contributed by atoms with Crippen molar-refractivity contribution in [2.24, 2.45) is 5.92 Å². The van der Waals surface area contributed by atoms with E-state index in [1.807, 2.05) is 0 Å². The number of nitrogens with zero attached hydrogens (tertiary/aromatic N) is 1. The second-order valence-electron chi connectivity index (χ2n) is 6.53. The van der Waals surface area contributed by atoms with E-state index >= 15 is 0 Å². The molecule has 1 aliphatic rings. The van der Waals surface area contributed by atoms with Gasteiger partial charge in [-0.05, 0) is 45.6 Å². The summed E-state index contributed by atoms with van der Waals surface area (Å²) in [4.78, 5) is 0. The molecule has 2 unspecified atom stereocenters. The quantitative estimate of drug-likeness (QED) is 0.860. The second kappa shape index (κ2) is 6.31. The summed E-state index contributed by atoms with van der Waals surface area (Å²) in [5.41, 5.74) is -0.698. The smallest absolute Gasteiger partial charge is 0.279 e. The Hall–Kier alpha value is -0.890. The lowest BCUT2D eigenvalue weighted by molar-refractivity contribution is 0.0606. The Labute approximate surface area is 132 Å². The molecular weight excluding hydrogens is 304 g/mol. The summed E-state index contributed by atoms with van der Waals surface area (Å²) in [5.74, 6) is 1.67. The molecule has 2 N–H and O–H groups in total. The maximum atomic E-state index is 12.4. The van der Waals surface area contributed by atoms with Gasteiger partial charge in [-0.2, -0.15) is 17.4 Å². The monoisotopic (exact) mass is 330 g/mol. The van der Waals surface area contributed by atoms with Crippen LogP contribution in [0.5, 0.6) is 0 Å². The first-order valence-corrected chi connectivity index (χ1v) is 9.10. The van der Waals surface area contributed by atoms with Crippen molar-refractivity contribution < 1.29 is 17.9 Å². The van der Waals surface area contributed by atoms with Crippen LogP contribution < -0.4 is 4.72 Å². The van der Waals surface area contributed by atoms with E-state index in [1.165, 1.54) is 4.31 Å². The summed E-state index contributed by atoms with van der Waals surface area (Å²) in [5, 5.41) is 10.6. The highest BCUT2D eigenvalue weighted by Gasteiger charge is 2.32. The van der Waals surface area contributed by atoms with Gasteiger partial charge in [-0.1, -0.05) is 6.92 Å². The zero-order valence-corrected chi connectivity index (χ0v) is 14.5. The third-order valence-corrected chi connectivity index (χ3v) is 5.70. The summed E-state index contributed by atoms with van der Waals surface area (Å²) in [6, 6.07) is 1.74. The van der Waals surface area contributed by atoms with Crippen molar-refractivity contribution in [1.82, 2.24) is 9.03 Å². The standard InChI is InChI=1S/C15H26N2O4S/c1-11-6-5-7-17(9-11)22(19,20)16-10-15(4,18)14-8-12(2)21-13(14)3/h8,11,16,18H,5-7,9-10H2,1-4H3. The molecule has 0 spiro atoms. The van der Waals surface area contributed by atoms with E-state index in [1.54, 1.807) is 26.8 Å². The van der Waals surface area contributed by atoms with Crippen molar-refractivity contribution in [2.75, 3.05) is 19.6 Å². The van der Waals surface area contributed by atoms with Crippen molar-refractivity contribution in [2.45, 2.75) is 46.1 Å². The number of hydrogen-bond donors (Lipinski definition) is 2. The van der Waals surface area contributed by atoms with Crippen molar-refractivity contribution in [3.63, 3.8) is 0 Å². The third-order valence-electron chi connectivity index (χ3n) is 4.18. The van der Waals surface area contributed by atoms with E-state index in [2.05, 4.69) is 11.6 Å². The van der Waals surface area contributed by atoms with E-state index in [0.29, 0.717) is 36.1 Å². The van der Waals surface area contributed by atoms with Gasteiger partial charge in [-0.25, -0.2) is 0 Å². The van der Waals surface area contributed by atoms with Gasteiger partial charge in [-0.3, -0.25) is 0 Å². The van der Waals surface area contributed by atoms with Crippen molar-refractivity contribution in [3.05, 3.63) is 23.2 Å². The van der Waals surface area contributed by atoms with Crippen LogP contribution in [-0.4, -0.2) is 37.5 Å². The molecular formula is C15H26N2O4S. The zero-order valence-electron chi connectivity index (χ0n) is 13.7. The van der Waals surface area contributed by atoms with Crippen LogP contribution in [0.15, 0.2) is 10.5 Å². The fraction of sp³-hybridized carbons (Fsp3) is 0.733. The Kier molecular flexibility index (Phi) is 5.01. The maximum Gasteiger partial charge on any atom is 0.279 e. The first-order valence-electron chi connectivity index (χ1n) is 7.66. The summed E-state index contributed by atoms with van der Waals surface area (Å²) in [6.07, 6.45) is 1.93. The molecule has 0 saturated carbocycles. The lowest BCUT2D eigenvalue weighted by atomic mass is 9.97. The Bertz CT molecular complexity index is 621. The number of furan rings is 1. The maximum absolute atomic E-state index is 12.4. The fourth-order valence-electron chi connectivity index (χ4n) is 2.95. The molecule has 2 rings (SSSR count). The van der Waals surface area contributed by atoms with Gasteiger partial charge >= 0.3 is 0 Å². The molecule has 2 heterocycles. The Morgan fingerprint density at radius 3 is 2.73 bits per heavy atom. The highest BCUT2D eigenvalue weighted by Crippen LogP contribution is 2.27.